The molecule has 24 heavy (non-hydrogen) atoms. The second kappa shape index (κ2) is 5.30. The van der Waals surface area contributed by atoms with Gasteiger partial charge >= 0.3 is 5.97 Å². The van der Waals surface area contributed by atoms with Crippen molar-refractivity contribution in [2.24, 2.45) is 0 Å². The Labute approximate surface area is 138 Å². The molecule has 1 aromatic carbocycles. The SMILES string of the molecule is CCOC(=O)c1[nH]cc2c1CC1=C(C2)C(=O)c2ccccc2C1=O. The smallest absolute Gasteiger partial charge is 0.355 e. The summed E-state index contributed by atoms with van der Waals surface area (Å²) >= 11 is 0. The molecule has 0 radical (unpaired) electrons. The van der Waals surface area contributed by atoms with Gasteiger partial charge in [-0.05, 0) is 18.1 Å². The highest BCUT2D eigenvalue weighted by Crippen LogP contribution is 2.36. The van der Waals surface area contributed by atoms with Crippen molar-refractivity contribution in [3.8, 4) is 0 Å². The van der Waals surface area contributed by atoms with Gasteiger partial charge in [0, 0.05) is 41.3 Å². The number of ether oxygens (including phenoxy) is 1. The number of aromatic amines is 1. The van der Waals surface area contributed by atoms with E-state index in [1.807, 2.05) is 0 Å². The van der Waals surface area contributed by atoms with E-state index in [0.717, 1.165) is 11.1 Å². The highest BCUT2D eigenvalue weighted by molar-refractivity contribution is 6.27. The normalized spacial score (nSPS) is 15.7. The lowest BCUT2D eigenvalue weighted by atomic mass is 9.76. The number of hydrogen-bond acceptors (Lipinski definition) is 4. The summed E-state index contributed by atoms with van der Waals surface area (Å²) in [6.45, 7) is 2.03. The summed E-state index contributed by atoms with van der Waals surface area (Å²) in [5.74, 6) is -0.649. The van der Waals surface area contributed by atoms with Crippen molar-refractivity contribution in [2.45, 2.75) is 19.8 Å². The lowest BCUT2D eigenvalue weighted by Crippen LogP contribution is -2.27. The zero-order valence-electron chi connectivity index (χ0n) is 13.1. The Hall–Kier alpha value is -2.95. The lowest BCUT2D eigenvalue weighted by Gasteiger charge is -2.25. The second-order valence-electron chi connectivity index (χ2n) is 5.90. The summed E-state index contributed by atoms with van der Waals surface area (Å²) in [6, 6.07) is 6.89. The molecule has 2 aliphatic rings. The number of esters is 1. The van der Waals surface area contributed by atoms with Crippen LogP contribution in [-0.4, -0.2) is 29.1 Å². The molecule has 5 heteroatoms. The van der Waals surface area contributed by atoms with Gasteiger partial charge in [0.1, 0.15) is 5.69 Å². The number of ketones is 2. The van der Waals surface area contributed by atoms with Crippen LogP contribution in [0.5, 0.6) is 0 Å². The third-order valence-corrected chi connectivity index (χ3v) is 4.61. The van der Waals surface area contributed by atoms with Crippen molar-refractivity contribution in [1.29, 1.82) is 0 Å². The number of H-pyrrole nitrogens is 1. The first-order chi connectivity index (χ1) is 11.6. The third kappa shape index (κ3) is 1.98. The Bertz CT molecular complexity index is 933. The van der Waals surface area contributed by atoms with E-state index in [9.17, 15) is 14.4 Å². The van der Waals surface area contributed by atoms with Crippen LogP contribution in [0.15, 0.2) is 41.6 Å². The van der Waals surface area contributed by atoms with Crippen molar-refractivity contribution in [2.75, 3.05) is 6.61 Å². The van der Waals surface area contributed by atoms with Crippen LogP contribution in [0, 0.1) is 0 Å². The molecule has 120 valence electrons. The number of allylic oxidation sites excluding steroid dienone is 2. The molecule has 4 rings (SSSR count). The molecule has 1 aromatic heterocycles. The van der Waals surface area contributed by atoms with Gasteiger partial charge in [-0.2, -0.15) is 0 Å². The maximum absolute atomic E-state index is 12.8. The van der Waals surface area contributed by atoms with Crippen LogP contribution in [0.3, 0.4) is 0 Å². The van der Waals surface area contributed by atoms with Gasteiger partial charge in [-0.15, -0.1) is 0 Å². The number of aromatic nitrogens is 1. The zero-order valence-corrected chi connectivity index (χ0v) is 13.1. The molecule has 0 bridgehead atoms. The number of carbonyl (C=O) groups excluding carboxylic acids is 3. The van der Waals surface area contributed by atoms with E-state index in [0.29, 0.717) is 34.4 Å². The van der Waals surface area contributed by atoms with E-state index in [2.05, 4.69) is 4.98 Å². The standard InChI is InChI=1S/C19H15NO4/c1-2-24-19(23)16-13-8-15-14(7-10(13)9-20-16)17(21)11-5-3-4-6-12(11)18(15)22/h3-6,9,20H,2,7-8H2,1H3. The molecule has 2 aliphatic carbocycles. The van der Waals surface area contributed by atoms with E-state index in [1.54, 1.807) is 37.4 Å². The highest BCUT2D eigenvalue weighted by atomic mass is 16.5. The first-order valence-corrected chi connectivity index (χ1v) is 7.88. The van der Waals surface area contributed by atoms with Crippen LogP contribution in [0.1, 0.15) is 49.3 Å². The molecule has 0 spiro atoms. The predicted molar refractivity (Wildman–Crippen MR) is 86.3 cm³/mol. The van der Waals surface area contributed by atoms with Crippen LogP contribution in [0.25, 0.3) is 0 Å². The van der Waals surface area contributed by atoms with Crippen molar-refractivity contribution in [3.63, 3.8) is 0 Å². The maximum Gasteiger partial charge on any atom is 0.355 e. The fraction of sp³-hybridized carbons (Fsp3) is 0.211. The molecule has 0 unspecified atom stereocenters. The van der Waals surface area contributed by atoms with E-state index in [-0.39, 0.29) is 24.6 Å². The van der Waals surface area contributed by atoms with E-state index < -0.39 is 5.97 Å². The van der Waals surface area contributed by atoms with Crippen LogP contribution < -0.4 is 0 Å². The largest absolute Gasteiger partial charge is 0.461 e. The van der Waals surface area contributed by atoms with Gasteiger partial charge in [0.25, 0.3) is 0 Å². The Kier molecular flexibility index (Phi) is 3.23. The average Bonchev–Trinajstić information content (AvgIpc) is 3.01. The molecule has 2 aromatic rings. The van der Waals surface area contributed by atoms with Crippen molar-refractivity contribution < 1.29 is 19.1 Å². The van der Waals surface area contributed by atoms with Crippen molar-refractivity contribution in [1.82, 2.24) is 4.98 Å². The van der Waals surface area contributed by atoms with Crippen LogP contribution in [0.4, 0.5) is 0 Å². The van der Waals surface area contributed by atoms with Gasteiger partial charge in [0.2, 0.25) is 0 Å². The Morgan fingerprint density at radius 3 is 2.33 bits per heavy atom. The lowest BCUT2D eigenvalue weighted by molar-refractivity contribution is 0.0518. The number of Topliss-reactive ketones (excluding diaryl/α,β-unsaturated/α-hetero) is 2. The minimum atomic E-state index is -0.433. The number of carbonyl (C=O) groups is 3. The molecule has 1 heterocycles. The number of benzene rings is 1. The van der Waals surface area contributed by atoms with Gasteiger partial charge < -0.3 is 9.72 Å². The van der Waals surface area contributed by atoms with E-state index >= 15 is 0 Å². The Morgan fingerprint density at radius 1 is 1.08 bits per heavy atom. The van der Waals surface area contributed by atoms with Crippen LogP contribution in [-0.2, 0) is 17.6 Å². The minimum absolute atomic E-state index is 0.0928. The summed E-state index contributed by atoms with van der Waals surface area (Å²) in [6.07, 6.45) is 2.37. The molecule has 0 amide bonds. The van der Waals surface area contributed by atoms with Gasteiger partial charge in [-0.1, -0.05) is 24.3 Å². The molecule has 1 N–H and O–H groups in total. The Morgan fingerprint density at radius 2 is 1.71 bits per heavy atom. The summed E-state index contributed by atoms with van der Waals surface area (Å²) in [5, 5.41) is 0. The predicted octanol–water partition coefficient (Wildman–Crippen LogP) is 2.67. The number of hydrogen-bond donors (Lipinski definition) is 1. The van der Waals surface area contributed by atoms with E-state index in [4.69, 9.17) is 4.74 Å². The van der Waals surface area contributed by atoms with Gasteiger partial charge in [0.15, 0.2) is 11.6 Å². The molecule has 0 aliphatic heterocycles. The fourth-order valence-corrected chi connectivity index (χ4v) is 3.46. The van der Waals surface area contributed by atoms with Crippen molar-refractivity contribution >= 4 is 17.5 Å². The second-order valence-corrected chi connectivity index (χ2v) is 5.90. The number of fused-ring (bicyclic) bond motifs is 2. The van der Waals surface area contributed by atoms with Gasteiger partial charge in [-0.3, -0.25) is 9.59 Å². The Balaban J connectivity index is 1.78. The van der Waals surface area contributed by atoms with Crippen molar-refractivity contribution in [3.05, 3.63) is 69.6 Å². The highest BCUT2D eigenvalue weighted by Gasteiger charge is 2.36. The zero-order chi connectivity index (χ0) is 16.8. The van der Waals surface area contributed by atoms with Crippen LogP contribution in [0.2, 0.25) is 0 Å². The van der Waals surface area contributed by atoms with E-state index in [1.165, 1.54) is 0 Å². The number of nitrogens with one attached hydrogen (secondary N) is 1. The summed E-state index contributed by atoms with van der Waals surface area (Å²) in [7, 11) is 0. The summed E-state index contributed by atoms with van der Waals surface area (Å²) < 4.78 is 5.05. The molecule has 0 atom stereocenters. The average molecular weight is 321 g/mol. The summed E-state index contributed by atoms with van der Waals surface area (Å²) in [4.78, 5) is 40.5. The summed E-state index contributed by atoms with van der Waals surface area (Å²) in [5.41, 5.74) is 3.95. The first kappa shape index (κ1) is 14.6. The molecular weight excluding hydrogens is 306 g/mol. The van der Waals surface area contributed by atoms with Crippen LogP contribution >= 0.6 is 0 Å². The van der Waals surface area contributed by atoms with Gasteiger partial charge in [-0.25, -0.2) is 4.79 Å². The molecule has 5 nitrogen and oxygen atoms in total. The topological polar surface area (TPSA) is 76.2 Å². The monoisotopic (exact) mass is 321 g/mol. The maximum atomic E-state index is 12.8. The fourth-order valence-electron chi connectivity index (χ4n) is 3.46. The molecule has 0 fully saturated rings. The quantitative estimate of drug-likeness (QED) is 0.863. The minimum Gasteiger partial charge on any atom is -0.461 e. The molecule has 0 saturated carbocycles. The number of rotatable bonds is 2. The molecular formula is C19H15NO4. The van der Waals surface area contributed by atoms with Gasteiger partial charge in [0.05, 0.1) is 6.61 Å². The first-order valence-electron chi connectivity index (χ1n) is 7.88. The molecule has 0 saturated heterocycles. The third-order valence-electron chi connectivity index (χ3n) is 4.61.